The average Bonchev–Trinajstić information content (AvgIpc) is 3.51. The van der Waals surface area contributed by atoms with E-state index in [2.05, 4.69) is 30.7 Å². The van der Waals surface area contributed by atoms with Crippen molar-refractivity contribution in [3.05, 3.63) is 60.7 Å². The number of rotatable bonds is 10. The molecule has 2 saturated carbocycles. The van der Waals surface area contributed by atoms with Crippen LogP contribution in [0.2, 0.25) is 0 Å². The van der Waals surface area contributed by atoms with Crippen molar-refractivity contribution >= 4 is 28.8 Å². The van der Waals surface area contributed by atoms with Crippen LogP contribution in [0.4, 0.5) is 23.0 Å². The lowest BCUT2D eigenvalue weighted by Gasteiger charge is -2.17. The van der Waals surface area contributed by atoms with Crippen molar-refractivity contribution < 1.29 is 14.3 Å². The van der Waals surface area contributed by atoms with E-state index in [0.29, 0.717) is 40.1 Å². The fourth-order valence-electron chi connectivity index (χ4n) is 4.88. The monoisotopic (exact) mass is 525 g/mol. The number of carbonyl (C=O) groups is 1. The van der Waals surface area contributed by atoms with Crippen LogP contribution in [0, 0.1) is 5.92 Å². The Morgan fingerprint density at radius 3 is 2.46 bits per heavy atom. The first-order valence-corrected chi connectivity index (χ1v) is 13.3. The summed E-state index contributed by atoms with van der Waals surface area (Å²) in [4.78, 5) is 26.5. The summed E-state index contributed by atoms with van der Waals surface area (Å²) < 4.78 is 13.4. The molecule has 10 heteroatoms. The zero-order valence-corrected chi connectivity index (χ0v) is 22.1. The van der Waals surface area contributed by atoms with E-state index < -0.39 is 0 Å². The normalized spacial score (nSPS) is 15.2. The predicted octanol–water partition coefficient (Wildman–Crippen LogP) is 5.68. The fraction of sp³-hybridized carbons (Fsp3) is 0.345. The number of hydrogen-bond acceptors (Lipinski definition) is 9. The van der Waals surface area contributed by atoms with E-state index in [0.717, 1.165) is 37.0 Å². The van der Waals surface area contributed by atoms with E-state index in [1.165, 1.54) is 12.8 Å². The number of aryl methyl sites for hydroxylation is 1. The molecule has 4 aromatic rings. The lowest BCUT2D eigenvalue weighted by molar-refractivity contribution is 0.0968. The number of ether oxygens (including phenoxy) is 2. The van der Waals surface area contributed by atoms with E-state index in [-0.39, 0.29) is 17.8 Å². The van der Waals surface area contributed by atoms with Crippen molar-refractivity contribution in [2.45, 2.75) is 44.6 Å². The zero-order chi connectivity index (χ0) is 26.8. The summed E-state index contributed by atoms with van der Waals surface area (Å²) in [6.45, 7) is 0. The molecule has 0 amide bonds. The van der Waals surface area contributed by atoms with Crippen molar-refractivity contribution in [3.63, 3.8) is 0 Å². The minimum absolute atomic E-state index is 0.0474. The molecule has 39 heavy (non-hydrogen) atoms. The van der Waals surface area contributed by atoms with Gasteiger partial charge in [0, 0.05) is 25.2 Å². The number of methoxy groups -OCH3 is 1. The molecule has 0 spiro atoms. The van der Waals surface area contributed by atoms with Crippen molar-refractivity contribution in [1.29, 1.82) is 0 Å². The van der Waals surface area contributed by atoms with Crippen LogP contribution in [0.25, 0.3) is 11.4 Å². The summed E-state index contributed by atoms with van der Waals surface area (Å²) in [7, 11) is 3.42. The highest BCUT2D eigenvalue weighted by Crippen LogP contribution is 2.39. The van der Waals surface area contributed by atoms with E-state index in [9.17, 15) is 4.79 Å². The molecule has 3 heterocycles. The largest absolute Gasteiger partial charge is 0.494 e. The first-order chi connectivity index (χ1) is 19.1. The number of pyridine rings is 2. The number of anilines is 4. The highest BCUT2D eigenvalue weighted by molar-refractivity contribution is 6.04. The minimum Gasteiger partial charge on any atom is -0.494 e. The molecule has 2 aliphatic carbocycles. The van der Waals surface area contributed by atoms with Gasteiger partial charge in [-0.15, -0.1) is 0 Å². The van der Waals surface area contributed by atoms with Crippen LogP contribution in [0.1, 0.15) is 48.9 Å². The van der Waals surface area contributed by atoms with Crippen LogP contribution in [-0.4, -0.2) is 43.7 Å². The van der Waals surface area contributed by atoms with Gasteiger partial charge in [-0.25, -0.2) is 15.0 Å². The summed E-state index contributed by atoms with van der Waals surface area (Å²) in [5, 5.41) is 11.1. The van der Waals surface area contributed by atoms with Crippen molar-refractivity contribution in [2.24, 2.45) is 13.0 Å². The van der Waals surface area contributed by atoms with Crippen LogP contribution >= 0.6 is 0 Å². The fourth-order valence-corrected chi connectivity index (χ4v) is 4.88. The maximum absolute atomic E-state index is 13.1. The summed E-state index contributed by atoms with van der Waals surface area (Å²) >= 11 is 0. The third-order valence-corrected chi connectivity index (χ3v) is 7.04. The van der Waals surface area contributed by atoms with E-state index in [4.69, 9.17) is 9.47 Å². The number of aromatic nitrogens is 5. The summed E-state index contributed by atoms with van der Waals surface area (Å²) in [6.07, 6.45) is 11.7. The smallest absolute Gasteiger partial charge is 0.184 e. The Morgan fingerprint density at radius 2 is 1.77 bits per heavy atom. The molecule has 6 rings (SSSR count). The van der Waals surface area contributed by atoms with E-state index >= 15 is 0 Å². The Bertz CT molecular complexity index is 1470. The van der Waals surface area contributed by atoms with Gasteiger partial charge in [0.15, 0.2) is 17.4 Å². The van der Waals surface area contributed by atoms with Gasteiger partial charge in [-0.1, -0.05) is 6.07 Å². The van der Waals surface area contributed by atoms with Gasteiger partial charge in [-0.3, -0.25) is 9.48 Å². The highest BCUT2D eigenvalue weighted by atomic mass is 16.5. The van der Waals surface area contributed by atoms with Gasteiger partial charge in [0.05, 0.1) is 41.9 Å². The maximum Gasteiger partial charge on any atom is 0.184 e. The predicted molar refractivity (Wildman–Crippen MR) is 148 cm³/mol. The lowest BCUT2D eigenvalue weighted by Crippen LogP contribution is -2.11. The van der Waals surface area contributed by atoms with E-state index in [1.54, 1.807) is 30.5 Å². The third kappa shape index (κ3) is 5.55. The molecule has 0 atom stereocenters. The summed E-state index contributed by atoms with van der Waals surface area (Å²) in [5.74, 6) is 3.23. The number of ketones is 1. The summed E-state index contributed by atoms with van der Waals surface area (Å²) in [6, 6.07) is 11.3. The first-order valence-electron chi connectivity index (χ1n) is 13.3. The topological polar surface area (TPSA) is 116 Å². The van der Waals surface area contributed by atoms with Gasteiger partial charge in [0.2, 0.25) is 0 Å². The number of carbonyl (C=O) groups excluding carboxylic acids is 1. The molecular formula is C29H31N7O3. The van der Waals surface area contributed by atoms with Crippen molar-refractivity contribution in [3.8, 4) is 22.9 Å². The number of nitrogens with zero attached hydrogens (tertiary/aromatic N) is 5. The van der Waals surface area contributed by atoms with Gasteiger partial charge in [-0.2, -0.15) is 5.10 Å². The Kier molecular flexibility index (Phi) is 6.83. The second-order valence-electron chi connectivity index (χ2n) is 10.0. The van der Waals surface area contributed by atoms with Gasteiger partial charge >= 0.3 is 0 Å². The standard InChI is InChI=1S/C29H31N7O3/c1-36-17-32-29(35-36)21-8-5-9-23(28(21)38-2)33-24-14-26(31-16-22(24)27(37)18-10-11-18)34-25-13-12-20(15-30-25)39-19-6-3-4-7-19/h5,8-9,12-19H,3-4,6-7,10-11H2,1-2H3,(H2,30,31,33,34). The second-order valence-corrected chi connectivity index (χ2v) is 10.0. The number of hydrogen-bond donors (Lipinski definition) is 2. The van der Waals surface area contributed by atoms with E-state index in [1.807, 2.05) is 43.4 Å². The molecular weight excluding hydrogens is 494 g/mol. The molecule has 0 aliphatic heterocycles. The van der Waals surface area contributed by atoms with Gasteiger partial charge in [0.1, 0.15) is 23.7 Å². The Hall–Kier alpha value is -4.47. The molecule has 0 radical (unpaired) electrons. The molecule has 2 fully saturated rings. The Labute approximate surface area is 226 Å². The first kappa shape index (κ1) is 24.8. The van der Waals surface area contributed by atoms with Crippen molar-refractivity contribution in [2.75, 3.05) is 17.7 Å². The molecule has 0 bridgehead atoms. The van der Waals surface area contributed by atoms with Crippen LogP contribution < -0.4 is 20.1 Å². The molecule has 0 saturated heterocycles. The van der Waals surface area contributed by atoms with Crippen LogP contribution in [-0.2, 0) is 7.05 Å². The average molecular weight is 526 g/mol. The Morgan fingerprint density at radius 1 is 0.949 bits per heavy atom. The zero-order valence-electron chi connectivity index (χ0n) is 22.1. The molecule has 0 unspecified atom stereocenters. The van der Waals surface area contributed by atoms with Gasteiger partial charge in [-0.05, 0) is 62.8 Å². The SMILES string of the molecule is COc1c(Nc2cc(Nc3ccc(OC4CCCC4)cn3)ncc2C(=O)C2CC2)cccc1-c1ncn(C)n1. The second kappa shape index (κ2) is 10.7. The molecule has 200 valence electrons. The summed E-state index contributed by atoms with van der Waals surface area (Å²) in [5.41, 5.74) is 2.61. The van der Waals surface area contributed by atoms with Crippen LogP contribution in [0.15, 0.2) is 55.1 Å². The minimum atomic E-state index is 0.0474. The van der Waals surface area contributed by atoms with Crippen LogP contribution in [0.5, 0.6) is 11.5 Å². The maximum atomic E-state index is 13.1. The van der Waals surface area contributed by atoms with Crippen LogP contribution in [0.3, 0.4) is 0 Å². The molecule has 2 aliphatic rings. The highest BCUT2D eigenvalue weighted by Gasteiger charge is 2.32. The lowest BCUT2D eigenvalue weighted by atomic mass is 10.1. The van der Waals surface area contributed by atoms with Crippen molar-refractivity contribution in [1.82, 2.24) is 24.7 Å². The molecule has 1 aromatic carbocycles. The molecule has 3 aromatic heterocycles. The third-order valence-electron chi connectivity index (χ3n) is 7.04. The number of nitrogens with one attached hydrogen (secondary N) is 2. The van der Waals surface area contributed by atoms with Gasteiger partial charge in [0.25, 0.3) is 0 Å². The Balaban J connectivity index is 1.27. The number of para-hydroxylation sites is 1. The number of benzene rings is 1. The van der Waals surface area contributed by atoms with Gasteiger partial charge < -0.3 is 20.1 Å². The number of Topliss-reactive ketones (excluding diaryl/α,β-unsaturated/α-hetero) is 1. The molecule has 10 nitrogen and oxygen atoms in total. The molecule has 2 N–H and O–H groups in total. The quantitative estimate of drug-likeness (QED) is 0.252.